The number of nitrogens with zero attached hydrogens (tertiary/aromatic N) is 1. The highest BCUT2D eigenvalue weighted by atomic mass is 32.2. The van der Waals surface area contributed by atoms with Crippen molar-refractivity contribution in [3.8, 4) is 6.07 Å². The van der Waals surface area contributed by atoms with Crippen molar-refractivity contribution in [2.45, 2.75) is 25.2 Å². The number of nitriles is 1. The van der Waals surface area contributed by atoms with E-state index in [0.717, 1.165) is 0 Å². The minimum atomic E-state index is -3.58. The zero-order chi connectivity index (χ0) is 9.78. The van der Waals surface area contributed by atoms with E-state index in [1.54, 1.807) is 6.07 Å². The summed E-state index contributed by atoms with van der Waals surface area (Å²) < 4.78 is 24.2. The first-order valence-corrected chi connectivity index (χ1v) is 5.01. The van der Waals surface area contributed by atoms with E-state index in [-0.39, 0.29) is 6.54 Å². The number of hydrogen-bond donors (Lipinski definition) is 2. The summed E-state index contributed by atoms with van der Waals surface area (Å²) in [4.78, 5) is 0. The molecular formula is C6H12N2O3S. The smallest absolute Gasteiger partial charge is 0.227 e. The van der Waals surface area contributed by atoms with Crippen LogP contribution in [0.3, 0.4) is 0 Å². The van der Waals surface area contributed by atoms with Crippen LogP contribution in [0, 0.1) is 11.3 Å². The van der Waals surface area contributed by atoms with Gasteiger partial charge in [-0.3, -0.25) is 0 Å². The van der Waals surface area contributed by atoms with Crippen LogP contribution in [0.1, 0.15) is 13.8 Å². The van der Waals surface area contributed by atoms with E-state index in [2.05, 4.69) is 4.72 Å². The molecule has 0 rings (SSSR count). The normalized spacial score (nSPS) is 16.5. The van der Waals surface area contributed by atoms with Crippen molar-refractivity contribution < 1.29 is 13.5 Å². The molecule has 0 aliphatic carbocycles. The summed E-state index contributed by atoms with van der Waals surface area (Å²) in [5.74, 6) is 0. The quantitative estimate of drug-likeness (QED) is 0.610. The molecule has 0 saturated heterocycles. The van der Waals surface area contributed by atoms with E-state index in [1.807, 2.05) is 0 Å². The maximum absolute atomic E-state index is 11.0. The van der Waals surface area contributed by atoms with Gasteiger partial charge in [-0.1, -0.05) is 0 Å². The van der Waals surface area contributed by atoms with Crippen LogP contribution in [-0.4, -0.2) is 31.4 Å². The summed E-state index contributed by atoms with van der Waals surface area (Å²) in [6.45, 7) is 2.68. The largest absolute Gasteiger partial charge is 0.392 e. The maximum Gasteiger partial charge on any atom is 0.227 e. The van der Waals surface area contributed by atoms with Crippen molar-refractivity contribution in [1.82, 2.24) is 4.72 Å². The van der Waals surface area contributed by atoms with Gasteiger partial charge in [0.15, 0.2) is 5.25 Å². The summed E-state index contributed by atoms with van der Waals surface area (Å²) in [5, 5.41) is 16.0. The summed E-state index contributed by atoms with van der Waals surface area (Å²) >= 11 is 0. The highest BCUT2D eigenvalue weighted by Gasteiger charge is 2.19. The van der Waals surface area contributed by atoms with E-state index in [4.69, 9.17) is 10.4 Å². The van der Waals surface area contributed by atoms with Crippen molar-refractivity contribution in [3.63, 3.8) is 0 Å². The Morgan fingerprint density at radius 1 is 1.58 bits per heavy atom. The van der Waals surface area contributed by atoms with E-state index >= 15 is 0 Å². The number of hydrogen-bond acceptors (Lipinski definition) is 4. The molecule has 2 atom stereocenters. The molecule has 0 aromatic rings. The highest BCUT2D eigenvalue weighted by Crippen LogP contribution is 1.95. The molecule has 6 heteroatoms. The molecule has 0 amide bonds. The van der Waals surface area contributed by atoms with Crippen molar-refractivity contribution in [2.75, 3.05) is 6.54 Å². The third-order valence-electron chi connectivity index (χ3n) is 1.23. The van der Waals surface area contributed by atoms with Crippen molar-refractivity contribution in [3.05, 3.63) is 0 Å². The lowest BCUT2D eigenvalue weighted by molar-refractivity contribution is 0.198. The third kappa shape index (κ3) is 3.67. The van der Waals surface area contributed by atoms with Crippen LogP contribution in [-0.2, 0) is 10.0 Å². The lowest BCUT2D eigenvalue weighted by Gasteiger charge is -2.08. The molecule has 0 aromatic carbocycles. The Morgan fingerprint density at radius 3 is 2.42 bits per heavy atom. The fourth-order valence-corrected chi connectivity index (χ4v) is 1.29. The Labute approximate surface area is 72.1 Å². The van der Waals surface area contributed by atoms with Gasteiger partial charge in [-0.15, -0.1) is 0 Å². The van der Waals surface area contributed by atoms with Gasteiger partial charge in [-0.2, -0.15) is 5.26 Å². The van der Waals surface area contributed by atoms with Crippen LogP contribution >= 0.6 is 0 Å². The molecule has 0 spiro atoms. The molecule has 0 radical (unpaired) electrons. The van der Waals surface area contributed by atoms with Gasteiger partial charge < -0.3 is 5.11 Å². The van der Waals surface area contributed by atoms with Crippen LogP contribution in [0.15, 0.2) is 0 Å². The van der Waals surface area contributed by atoms with Crippen LogP contribution < -0.4 is 4.72 Å². The Kier molecular flexibility index (Phi) is 4.17. The SMILES string of the molecule is CC(O)CNS(=O)(=O)C(C)C#N. The zero-order valence-corrected chi connectivity index (χ0v) is 7.80. The van der Waals surface area contributed by atoms with Gasteiger partial charge in [-0.05, 0) is 13.8 Å². The summed E-state index contributed by atoms with van der Waals surface area (Å²) in [5.41, 5.74) is 0. The summed E-state index contributed by atoms with van der Waals surface area (Å²) in [6.07, 6.45) is -0.745. The molecule has 0 aromatic heterocycles. The van der Waals surface area contributed by atoms with Crippen molar-refractivity contribution in [1.29, 1.82) is 5.26 Å². The molecule has 0 saturated carbocycles. The van der Waals surface area contributed by atoms with Crippen LogP contribution in [0.5, 0.6) is 0 Å². The van der Waals surface area contributed by atoms with Crippen molar-refractivity contribution in [2.24, 2.45) is 0 Å². The lowest BCUT2D eigenvalue weighted by Crippen LogP contribution is -2.36. The van der Waals surface area contributed by atoms with E-state index in [9.17, 15) is 8.42 Å². The first-order valence-electron chi connectivity index (χ1n) is 3.46. The van der Waals surface area contributed by atoms with E-state index < -0.39 is 21.4 Å². The minimum Gasteiger partial charge on any atom is -0.392 e. The maximum atomic E-state index is 11.0. The number of rotatable bonds is 4. The van der Waals surface area contributed by atoms with E-state index in [0.29, 0.717) is 0 Å². The molecule has 2 unspecified atom stereocenters. The first-order chi connectivity index (χ1) is 5.40. The predicted molar refractivity (Wildman–Crippen MR) is 43.7 cm³/mol. The Bertz CT molecular complexity index is 265. The molecule has 0 bridgehead atoms. The van der Waals surface area contributed by atoms with Gasteiger partial charge >= 0.3 is 0 Å². The molecule has 0 heterocycles. The van der Waals surface area contributed by atoms with Crippen LogP contribution in [0.2, 0.25) is 0 Å². The standard InChI is InChI=1S/C6H12N2O3S/c1-5(9)4-8-12(10,11)6(2)3-7/h5-6,8-9H,4H2,1-2H3. The van der Waals surface area contributed by atoms with Gasteiger partial charge in [0.2, 0.25) is 10.0 Å². The van der Waals surface area contributed by atoms with E-state index in [1.165, 1.54) is 13.8 Å². The average Bonchev–Trinajstić information content (AvgIpc) is 1.99. The topological polar surface area (TPSA) is 90.2 Å². The first kappa shape index (κ1) is 11.4. The fraction of sp³-hybridized carbons (Fsp3) is 0.833. The van der Waals surface area contributed by atoms with Gasteiger partial charge in [0.05, 0.1) is 12.2 Å². The Morgan fingerprint density at radius 2 is 2.08 bits per heavy atom. The molecule has 0 aliphatic heterocycles. The molecule has 2 N–H and O–H groups in total. The fourth-order valence-electron chi connectivity index (χ4n) is 0.431. The predicted octanol–water partition coefficient (Wildman–Crippen LogP) is -0.801. The van der Waals surface area contributed by atoms with Gasteiger partial charge in [0.25, 0.3) is 0 Å². The second kappa shape index (κ2) is 4.40. The van der Waals surface area contributed by atoms with Crippen molar-refractivity contribution >= 4 is 10.0 Å². The van der Waals surface area contributed by atoms with Gasteiger partial charge in [-0.25, -0.2) is 13.1 Å². The number of sulfonamides is 1. The molecule has 5 nitrogen and oxygen atoms in total. The summed E-state index contributed by atoms with van der Waals surface area (Å²) in [6, 6.07) is 1.60. The third-order valence-corrected chi connectivity index (χ3v) is 2.83. The molecule has 70 valence electrons. The molecule has 0 fully saturated rings. The number of nitrogens with one attached hydrogen (secondary N) is 1. The van der Waals surface area contributed by atoms with Gasteiger partial charge in [0.1, 0.15) is 0 Å². The lowest BCUT2D eigenvalue weighted by atomic mass is 10.4. The minimum absolute atomic E-state index is 0.0612. The molecule has 0 aliphatic rings. The molecular weight excluding hydrogens is 180 g/mol. The number of aliphatic hydroxyl groups excluding tert-OH is 1. The second-order valence-electron chi connectivity index (χ2n) is 2.51. The van der Waals surface area contributed by atoms with Crippen LogP contribution in [0.25, 0.3) is 0 Å². The molecule has 12 heavy (non-hydrogen) atoms. The summed E-state index contributed by atoms with van der Waals surface area (Å²) in [7, 11) is -3.58. The van der Waals surface area contributed by atoms with Crippen LogP contribution in [0.4, 0.5) is 0 Å². The highest BCUT2D eigenvalue weighted by molar-refractivity contribution is 7.90. The van der Waals surface area contributed by atoms with Gasteiger partial charge in [0, 0.05) is 6.54 Å². The second-order valence-corrected chi connectivity index (χ2v) is 4.60. The number of aliphatic hydroxyl groups is 1. The Hall–Kier alpha value is -0.640. The average molecular weight is 192 g/mol. The Balaban J connectivity index is 4.18. The monoisotopic (exact) mass is 192 g/mol. The zero-order valence-electron chi connectivity index (χ0n) is 6.98.